The zero-order valence-electron chi connectivity index (χ0n) is 23.1. The van der Waals surface area contributed by atoms with E-state index in [2.05, 4.69) is 10.6 Å². The normalized spacial score (nSPS) is 23.8. The summed E-state index contributed by atoms with van der Waals surface area (Å²) in [6.45, 7) is 2.78. The highest BCUT2D eigenvalue weighted by Gasteiger charge is 2.55. The minimum Gasteiger partial charge on any atom is -0.477 e. The second-order valence-corrected chi connectivity index (χ2v) is 11.1. The predicted molar refractivity (Wildman–Crippen MR) is 153 cm³/mol. The van der Waals surface area contributed by atoms with Gasteiger partial charge in [-0.15, -0.1) is 0 Å². The van der Waals surface area contributed by atoms with E-state index >= 15 is 0 Å². The molecular formula is C29H38N2O9S. The molecule has 1 aliphatic heterocycles. The molecule has 0 unspecified atom stereocenters. The Balaban J connectivity index is 1.69. The van der Waals surface area contributed by atoms with Gasteiger partial charge in [-0.05, 0) is 41.2 Å². The third kappa shape index (κ3) is 8.74. The molecule has 2 aromatic carbocycles. The van der Waals surface area contributed by atoms with E-state index in [0.717, 1.165) is 22.6 Å². The second kappa shape index (κ2) is 15.3. The number of carbonyl (C=O) groups excluding carboxylic acids is 2. The summed E-state index contributed by atoms with van der Waals surface area (Å²) in [5.41, 5.74) is 2.23. The van der Waals surface area contributed by atoms with Crippen LogP contribution in [0.1, 0.15) is 37.0 Å². The molecular weight excluding hydrogens is 552 g/mol. The van der Waals surface area contributed by atoms with Crippen molar-refractivity contribution in [3.8, 4) is 11.1 Å². The van der Waals surface area contributed by atoms with E-state index in [-0.39, 0.29) is 6.61 Å². The number of benzene rings is 2. The summed E-state index contributed by atoms with van der Waals surface area (Å²) in [6, 6.07) is 15.2. The first-order valence-corrected chi connectivity index (χ1v) is 14.6. The summed E-state index contributed by atoms with van der Waals surface area (Å²) < 4.78 is 11.3. The van der Waals surface area contributed by atoms with Crippen LogP contribution in [-0.4, -0.2) is 99.1 Å². The molecule has 1 aliphatic rings. The SMILES string of the molecule is CCSCCCO[C@]1(C(=O)O)C[C@H](O)[C@@H](NC(C)=O)[C@H]([C@H](O)[C@H](O)CNC(=O)c2ccc(-c3ccccc3)cc2)O1. The monoisotopic (exact) mass is 590 g/mol. The Morgan fingerprint density at radius 2 is 1.76 bits per heavy atom. The van der Waals surface area contributed by atoms with E-state index in [1.807, 2.05) is 37.3 Å². The van der Waals surface area contributed by atoms with Crippen LogP contribution >= 0.6 is 11.8 Å². The summed E-state index contributed by atoms with van der Waals surface area (Å²) in [5.74, 6) is -3.27. The summed E-state index contributed by atoms with van der Waals surface area (Å²) >= 11 is 1.65. The lowest BCUT2D eigenvalue weighted by Gasteiger charge is -2.46. The zero-order valence-corrected chi connectivity index (χ0v) is 23.9. The molecule has 6 N–H and O–H groups in total. The van der Waals surface area contributed by atoms with Crippen molar-refractivity contribution >= 4 is 29.5 Å². The molecule has 2 aromatic rings. The lowest BCUT2D eigenvalue weighted by atomic mass is 9.88. The lowest BCUT2D eigenvalue weighted by molar-refractivity contribution is -0.310. The van der Waals surface area contributed by atoms with Crippen LogP contribution in [0.5, 0.6) is 0 Å². The number of carbonyl (C=O) groups is 3. The molecule has 1 saturated heterocycles. The Kier molecular flexibility index (Phi) is 12.1. The van der Waals surface area contributed by atoms with Gasteiger partial charge in [-0.1, -0.05) is 49.4 Å². The van der Waals surface area contributed by atoms with Crippen LogP contribution in [0.4, 0.5) is 0 Å². The van der Waals surface area contributed by atoms with Gasteiger partial charge in [0.05, 0.1) is 24.9 Å². The number of aliphatic hydroxyl groups excluding tert-OH is 3. The first-order valence-electron chi connectivity index (χ1n) is 13.5. The summed E-state index contributed by atoms with van der Waals surface area (Å²) in [7, 11) is 0. The quantitative estimate of drug-likeness (QED) is 0.177. The number of carboxylic acids is 1. The number of carboxylic acid groups (broad SMARTS) is 1. The Labute approximate surface area is 243 Å². The maximum atomic E-state index is 12.7. The molecule has 6 atom stereocenters. The number of ether oxygens (including phenoxy) is 2. The van der Waals surface area contributed by atoms with Gasteiger partial charge in [0.2, 0.25) is 5.91 Å². The zero-order chi connectivity index (χ0) is 30.0. The highest BCUT2D eigenvalue weighted by atomic mass is 32.2. The first kappa shape index (κ1) is 32.5. The molecule has 0 aromatic heterocycles. The Morgan fingerprint density at radius 3 is 2.37 bits per heavy atom. The van der Waals surface area contributed by atoms with Gasteiger partial charge < -0.3 is 40.5 Å². The fourth-order valence-corrected chi connectivity index (χ4v) is 5.19. The van der Waals surface area contributed by atoms with E-state index in [1.165, 1.54) is 6.92 Å². The van der Waals surface area contributed by atoms with Gasteiger partial charge >= 0.3 is 5.97 Å². The van der Waals surface area contributed by atoms with Crippen molar-refractivity contribution in [2.75, 3.05) is 24.7 Å². The average Bonchev–Trinajstić information content (AvgIpc) is 2.96. The van der Waals surface area contributed by atoms with Crippen molar-refractivity contribution in [1.82, 2.24) is 10.6 Å². The maximum absolute atomic E-state index is 12.7. The van der Waals surface area contributed by atoms with Gasteiger partial charge in [0, 0.05) is 25.5 Å². The van der Waals surface area contributed by atoms with E-state index in [1.54, 1.807) is 36.0 Å². The maximum Gasteiger partial charge on any atom is 0.364 e. The van der Waals surface area contributed by atoms with Crippen molar-refractivity contribution in [2.45, 2.75) is 62.9 Å². The number of thioether (sulfide) groups is 1. The second-order valence-electron chi connectivity index (χ2n) is 9.75. The predicted octanol–water partition coefficient (Wildman–Crippen LogP) is 1.40. The van der Waals surface area contributed by atoms with Gasteiger partial charge in [0.1, 0.15) is 12.2 Å². The number of hydrogen-bond acceptors (Lipinski definition) is 9. The third-order valence-electron chi connectivity index (χ3n) is 6.70. The van der Waals surface area contributed by atoms with Crippen molar-refractivity contribution in [3.05, 3.63) is 60.2 Å². The van der Waals surface area contributed by atoms with Crippen molar-refractivity contribution < 1.29 is 44.3 Å². The molecule has 224 valence electrons. The highest BCUT2D eigenvalue weighted by Crippen LogP contribution is 2.34. The van der Waals surface area contributed by atoms with E-state index < -0.39 is 67.0 Å². The first-order chi connectivity index (χ1) is 19.6. The Bertz CT molecular complexity index is 1150. The molecule has 0 radical (unpaired) electrons. The van der Waals surface area contributed by atoms with Crippen LogP contribution < -0.4 is 10.6 Å². The summed E-state index contributed by atoms with van der Waals surface area (Å²) in [4.78, 5) is 36.8. The van der Waals surface area contributed by atoms with Gasteiger partial charge in [0.15, 0.2) is 0 Å². The number of aliphatic carboxylic acids is 1. The van der Waals surface area contributed by atoms with Crippen LogP contribution in [0.3, 0.4) is 0 Å². The van der Waals surface area contributed by atoms with Gasteiger partial charge in [0.25, 0.3) is 11.7 Å². The molecule has 1 fully saturated rings. The third-order valence-corrected chi connectivity index (χ3v) is 7.68. The standard InChI is InChI=1S/C29H38N2O9S/c1-3-41-15-7-14-39-29(28(37)38)16-22(33)24(31-18(2)32)26(40-29)25(35)23(34)17-30-27(36)21-12-10-20(11-13-21)19-8-5-4-6-9-19/h4-6,8-13,22-26,33-35H,3,7,14-17H2,1-2H3,(H,30,36)(H,31,32)(H,37,38)/t22-,23+,24+,25+,26+,29+/m0/s1. The smallest absolute Gasteiger partial charge is 0.364 e. The molecule has 0 saturated carbocycles. The molecule has 0 aliphatic carbocycles. The molecule has 11 nitrogen and oxygen atoms in total. The fraction of sp³-hybridized carbons (Fsp3) is 0.483. The van der Waals surface area contributed by atoms with Crippen molar-refractivity contribution in [3.63, 3.8) is 0 Å². The molecule has 2 amide bonds. The highest BCUT2D eigenvalue weighted by molar-refractivity contribution is 7.99. The van der Waals surface area contributed by atoms with E-state index in [4.69, 9.17) is 9.47 Å². The van der Waals surface area contributed by atoms with Crippen molar-refractivity contribution in [2.24, 2.45) is 0 Å². The Hall–Kier alpha value is -3.00. The van der Waals surface area contributed by atoms with Crippen LogP contribution in [-0.2, 0) is 19.1 Å². The number of rotatable bonds is 14. The van der Waals surface area contributed by atoms with Gasteiger partial charge in [-0.3, -0.25) is 9.59 Å². The number of nitrogens with one attached hydrogen (secondary N) is 2. The molecule has 0 spiro atoms. The minimum atomic E-state index is -2.31. The van der Waals surface area contributed by atoms with E-state index in [0.29, 0.717) is 12.0 Å². The molecule has 41 heavy (non-hydrogen) atoms. The summed E-state index contributed by atoms with van der Waals surface area (Å²) in [6.07, 6.45) is -6.47. The number of amides is 2. The molecule has 0 bridgehead atoms. The summed E-state index contributed by atoms with van der Waals surface area (Å²) in [5, 5.41) is 47.5. The number of aliphatic hydroxyl groups is 3. The molecule has 12 heteroatoms. The van der Waals surface area contributed by atoms with Gasteiger partial charge in [-0.25, -0.2) is 4.79 Å². The fourth-order valence-electron chi connectivity index (χ4n) is 4.58. The van der Waals surface area contributed by atoms with Crippen LogP contribution in [0, 0.1) is 0 Å². The average molecular weight is 591 g/mol. The lowest BCUT2D eigenvalue weighted by Crippen LogP contribution is -2.68. The number of hydrogen-bond donors (Lipinski definition) is 6. The van der Waals surface area contributed by atoms with Gasteiger partial charge in [-0.2, -0.15) is 11.8 Å². The largest absolute Gasteiger partial charge is 0.477 e. The van der Waals surface area contributed by atoms with Crippen molar-refractivity contribution in [1.29, 1.82) is 0 Å². The van der Waals surface area contributed by atoms with E-state index in [9.17, 15) is 34.8 Å². The molecule has 1 heterocycles. The minimum absolute atomic E-state index is 0.0152. The van der Waals surface area contributed by atoms with Crippen LogP contribution in [0.15, 0.2) is 54.6 Å². The topological polar surface area (TPSA) is 175 Å². The van der Waals surface area contributed by atoms with Crippen LogP contribution in [0.2, 0.25) is 0 Å². The van der Waals surface area contributed by atoms with Crippen LogP contribution in [0.25, 0.3) is 11.1 Å². The molecule has 3 rings (SSSR count). The Morgan fingerprint density at radius 1 is 1.10 bits per heavy atom.